The lowest BCUT2D eigenvalue weighted by molar-refractivity contribution is 0.0577. The van der Waals surface area contributed by atoms with Gasteiger partial charge in [0.1, 0.15) is 11.9 Å². The molecule has 3 nitrogen and oxygen atoms in total. The van der Waals surface area contributed by atoms with Crippen LogP contribution in [-0.2, 0) is 11.2 Å². The Labute approximate surface area is 152 Å². The summed E-state index contributed by atoms with van der Waals surface area (Å²) in [5, 5.41) is 0. The molecular weight excluding hydrogens is 324 g/mol. The Morgan fingerprint density at radius 1 is 0.808 bits per heavy atom. The topological polar surface area (TPSA) is 35.5 Å². The Morgan fingerprint density at radius 2 is 1.46 bits per heavy atom. The maximum atomic E-state index is 12.3. The number of fused-ring (bicyclic) bond motifs is 2. The molecular formula is C23H16O3. The molecule has 0 aromatic heterocycles. The second-order valence-corrected chi connectivity index (χ2v) is 5.97. The highest BCUT2D eigenvalue weighted by Gasteiger charge is 2.23. The first kappa shape index (κ1) is 16.0. The number of carbonyl (C=O) groups excluding carboxylic acids is 1. The summed E-state index contributed by atoms with van der Waals surface area (Å²) in [4.78, 5) is 12.3. The Kier molecular flexibility index (Phi) is 4.40. The lowest BCUT2D eigenvalue weighted by Gasteiger charge is -2.21. The quantitative estimate of drug-likeness (QED) is 0.378. The van der Waals surface area contributed by atoms with Gasteiger partial charge in [-0.3, -0.25) is 0 Å². The maximum Gasteiger partial charge on any atom is 0.514 e. The van der Waals surface area contributed by atoms with Crippen molar-refractivity contribution < 1.29 is 14.3 Å². The Balaban J connectivity index is 1.65. The van der Waals surface area contributed by atoms with E-state index in [2.05, 4.69) is 11.8 Å². The fourth-order valence-electron chi connectivity index (χ4n) is 2.99. The number of hydrogen-bond donors (Lipinski definition) is 0. The fourth-order valence-corrected chi connectivity index (χ4v) is 2.99. The average molecular weight is 340 g/mol. The highest BCUT2D eigenvalue weighted by molar-refractivity contribution is 5.65. The van der Waals surface area contributed by atoms with Crippen LogP contribution in [0.2, 0.25) is 0 Å². The van der Waals surface area contributed by atoms with Crippen LogP contribution in [0.1, 0.15) is 28.4 Å². The summed E-state index contributed by atoms with van der Waals surface area (Å²) in [6.07, 6.45) is -0.633. The molecule has 1 unspecified atom stereocenters. The third-order valence-corrected chi connectivity index (χ3v) is 4.25. The number of carbonyl (C=O) groups is 1. The summed E-state index contributed by atoms with van der Waals surface area (Å²) < 4.78 is 11.0. The Morgan fingerprint density at radius 3 is 2.31 bits per heavy atom. The van der Waals surface area contributed by atoms with Gasteiger partial charge < -0.3 is 9.47 Å². The smallest absolute Gasteiger partial charge is 0.425 e. The van der Waals surface area contributed by atoms with Gasteiger partial charge in [0, 0.05) is 23.1 Å². The van der Waals surface area contributed by atoms with Crippen molar-refractivity contribution in [2.24, 2.45) is 0 Å². The molecule has 126 valence electrons. The minimum atomic E-state index is -0.720. The van der Waals surface area contributed by atoms with Gasteiger partial charge in [-0.25, -0.2) is 4.79 Å². The first-order chi connectivity index (χ1) is 12.8. The highest BCUT2D eigenvalue weighted by atomic mass is 16.7. The molecule has 1 aliphatic rings. The van der Waals surface area contributed by atoms with E-state index in [0.717, 1.165) is 22.3 Å². The summed E-state index contributed by atoms with van der Waals surface area (Å²) in [7, 11) is 0. The van der Waals surface area contributed by atoms with Crippen molar-refractivity contribution >= 4 is 6.16 Å². The van der Waals surface area contributed by atoms with Crippen LogP contribution < -0.4 is 4.74 Å². The normalized spacial score (nSPS) is 14.5. The van der Waals surface area contributed by atoms with Crippen molar-refractivity contribution in [1.29, 1.82) is 0 Å². The predicted molar refractivity (Wildman–Crippen MR) is 98.9 cm³/mol. The molecule has 3 heteroatoms. The largest absolute Gasteiger partial charge is 0.514 e. The minimum absolute atomic E-state index is 0.455. The molecule has 0 radical (unpaired) electrons. The fraction of sp³-hybridized carbons (Fsp3) is 0.0870. The zero-order valence-electron chi connectivity index (χ0n) is 14.0. The molecule has 0 bridgehead atoms. The second kappa shape index (κ2) is 7.16. The first-order valence-electron chi connectivity index (χ1n) is 8.42. The van der Waals surface area contributed by atoms with E-state index in [4.69, 9.17) is 9.47 Å². The van der Waals surface area contributed by atoms with Crippen LogP contribution in [0.25, 0.3) is 0 Å². The molecule has 4 rings (SSSR count). The number of rotatable bonds is 2. The minimum Gasteiger partial charge on any atom is -0.425 e. The molecule has 26 heavy (non-hydrogen) atoms. The van der Waals surface area contributed by atoms with Crippen LogP contribution in [0.4, 0.5) is 4.79 Å². The number of hydrogen-bond acceptors (Lipinski definition) is 3. The number of benzene rings is 3. The monoisotopic (exact) mass is 340 g/mol. The van der Waals surface area contributed by atoms with Crippen LogP contribution in [0.5, 0.6) is 5.75 Å². The molecule has 0 N–H and O–H groups in total. The van der Waals surface area contributed by atoms with Crippen molar-refractivity contribution in [2.75, 3.05) is 0 Å². The highest BCUT2D eigenvalue weighted by Crippen LogP contribution is 2.29. The van der Waals surface area contributed by atoms with Gasteiger partial charge in [-0.05, 0) is 29.8 Å². The Hall–Kier alpha value is -3.51. The predicted octanol–water partition coefficient (Wildman–Crippen LogP) is 4.90. The van der Waals surface area contributed by atoms with E-state index in [1.807, 2.05) is 54.6 Å². The van der Waals surface area contributed by atoms with Gasteiger partial charge >= 0.3 is 6.16 Å². The molecule has 0 spiro atoms. The second-order valence-electron chi connectivity index (χ2n) is 5.97. The zero-order chi connectivity index (χ0) is 17.8. The van der Waals surface area contributed by atoms with Crippen molar-refractivity contribution in [3.63, 3.8) is 0 Å². The lowest BCUT2D eigenvalue weighted by atomic mass is 9.92. The van der Waals surface area contributed by atoms with Gasteiger partial charge in [0.15, 0.2) is 0 Å². The molecule has 0 amide bonds. The van der Waals surface area contributed by atoms with Crippen LogP contribution >= 0.6 is 0 Å². The van der Waals surface area contributed by atoms with E-state index in [0.29, 0.717) is 12.2 Å². The van der Waals surface area contributed by atoms with Crippen LogP contribution in [0.3, 0.4) is 0 Å². The molecule has 3 aromatic carbocycles. The SMILES string of the molecule is O=C(Oc1ccccc1)OC1Cc2ccccc2C#Cc2ccccc21. The van der Waals surface area contributed by atoms with Crippen molar-refractivity contribution in [1.82, 2.24) is 0 Å². The summed E-state index contributed by atoms with van der Waals surface area (Å²) in [6, 6.07) is 24.6. The van der Waals surface area contributed by atoms with E-state index >= 15 is 0 Å². The van der Waals surface area contributed by atoms with Crippen molar-refractivity contribution in [3.8, 4) is 17.6 Å². The number of ether oxygens (including phenoxy) is 2. The van der Waals surface area contributed by atoms with Crippen LogP contribution in [0, 0.1) is 11.8 Å². The maximum absolute atomic E-state index is 12.3. The van der Waals surface area contributed by atoms with E-state index in [1.54, 1.807) is 24.3 Å². The lowest BCUT2D eigenvalue weighted by Crippen LogP contribution is -2.19. The standard InChI is InChI=1S/C23H16O3/c24-23(25-20-11-2-1-3-12-20)26-22-16-19-10-5-4-8-17(19)14-15-18-9-6-7-13-21(18)22/h1-13,22H,16H2. The molecule has 1 aliphatic carbocycles. The molecule has 0 heterocycles. The molecule has 0 fully saturated rings. The van der Waals surface area contributed by atoms with E-state index in [9.17, 15) is 4.79 Å². The molecule has 0 saturated heterocycles. The van der Waals surface area contributed by atoms with E-state index in [1.165, 1.54) is 0 Å². The molecule has 3 aromatic rings. The van der Waals surface area contributed by atoms with E-state index in [-0.39, 0.29) is 0 Å². The number of para-hydroxylation sites is 1. The molecule has 0 aliphatic heterocycles. The summed E-state index contributed by atoms with van der Waals surface area (Å²) in [6.45, 7) is 0. The zero-order valence-corrected chi connectivity index (χ0v) is 14.0. The average Bonchev–Trinajstić information content (AvgIpc) is 2.66. The van der Waals surface area contributed by atoms with Gasteiger partial charge in [0.05, 0.1) is 0 Å². The van der Waals surface area contributed by atoms with Gasteiger partial charge in [-0.2, -0.15) is 0 Å². The third kappa shape index (κ3) is 3.45. The molecule has 0 saturated carbocycles. The van der Waals surface area contributed by atoms with Crippen LogP contribution in [-0.4, -0.2) is 6.16 Å². The van der Waals surface area contributed by atoms with Crippen molar-refractivity contribution in [2.45, 2.75) is 12.5 Å². The van der Waals surface area contributed by atoms with Crippen molar-refractivity contribution in [3.05, 3.63) is 101 Å². The van der Waals surface area contributed by atoms with Crippen LogP contribution in [0.15, 0.2) is 78.9 Å². The van der Waals surface area contributed by atoms with Gasteiger partial charge in [0.25, 0.3) is 0 Å². The third-order valence-electron chi connectivity index (χ3n) is 4.25. The first-order valence-corrected chi connectivity index (χ1v) is 8.42. The summed E-state index contributed by atoms with van der Waals surface area (Å²) >= 11 is 0. The Bertz CT molecular complexity index is 996. The van der Waals surface area contributed by atoms with Gasteiger partial charge in [-0.1, -0.05) is 66.4 Å². The summed E-state index contributed by atoms with van der Waals surface area (Å²) in [5.41, 5.74) is 3.75. The van der Waals surface area contributed by atoms with Gasteiger partial charge in [0.2, 0.25) is 0 Å². The summed E-state index contributed by atoms with van der Waals surface area (Å²) in [5.74, 6) is 6.86. The molecule has 1 atom stereocenters. The van der Waals surface area contributed by atoms with E-state index < -0.39 is 12.3 Å². The van der Waals surface area contributed by atoms with Gasteiger partial charge in [-0.15, -0.1) is 0 Å².